The van der Waals surface area contributed by atoms with Crippen LogP contribution in [0.3, 0.4) is 0 Å². The molecule has 0 aliphatic rings. The molecule has 0 unspecified atom stereocenters. The van der Waals surface area contributed by atoms with E-state index in [1.165, 1.54) is 11.1 Å². The van der Waals surface area contributed by atoms with Gasteiger partial charge in [-0.25, -0.2) is 5.43 Å². The first-order chi connectivity index (χ1) is 14.6. The van der Waals surface area contributed by atoms with Crippen LogP contribution >= 0.6 is 11.8 Å². The minimum atomic E-state index is -0.181. The van der Waals surface area contributed by atoms with Gasteiger partial charge in [0.15, 0.2) is 0 Å². The van der Waals surface area contributed by atoms with Gasteiger partial charge in [0.05, 0.1) is 11.5 Å². The lowest BCUT2D eigenvalue weighted by molar-refractivity contribution is -0.120. The van der Waals surface area contributed by atoms with Gasteiger partial charge in [0.1, 0.15) is 12.4 Å². The summed E-state index contributed by atoms with van der Waals surface area (Å²) in [6.07, 6.45) is 1.64. The van der Waals surface area contributed by atoms with Gasteiger partial charge < -0.3 is 4.74 Å². The van der Waals surface area contributed by atoms with Gasteiger partial charge in [-0.1, -0.05) is 60.2 Å². The van der Waals surface area contributed by atoms with E-state index in [-0.39, 0.29) is 11.2 Å². The first-order valence-corrected chi connectivity index (χ1v) is 10.9. The van der Waals surface area contributed by atoms with Crippen molar-refractivity contribution in [3.8, 4) is 5.75 Å². The molecule has 3 aromatic carbocycles. The number of carbonyl (C=O) groups is 1. The molecule has 1 atom stereocenters. The smallest absolute Gasteiger partial charge is 0.252 e. The number of aryl methyl sites for hydroxylation is 1. The van der Waals surface area contributed by atoms with Crippen LogP contribution in [-0.2, 0) is 17.2 Å². The fourth-order valence-corrected chi connectivity index (χ4v) is 3.47. The van der Waals surface area contributed by atoms with Gasteiger partial charge in [-0.05, 0) is 54.8 Å². The standard InChI is InChI=1S/C25H26N2O2S/c1-19-8-10-22(11-9-19)17-29-24-14-12-21(13-15-24)16-26-27-25(28)20(2)30-18-23-6-4-3-5-7-23/h3-16,20H,17-18H2,1-2H3,(H,27,28)/t20-/m1/s1. The summed E-state index contributed by atoms with van der Waals surface area (Å²) < 4.78 is 5.81. The van der Waals surface area contributed by atoms with Crippen molar-refractivity contribution in [3.63, 3.8) is 0 Å². The van der Waals surface area contributed by atoms with Crippen molar-refractivity contribution in [2.24, 2.45) is 5.10 Å². The zero-order valence-corrected chi connectivity index (χ0v) is 18.1. The number of amides is 1. The highest BCUT2D eigenvalue weighted by molar-refractivity contribution is 7.99. The lowest BCUT2D eigenvalue weighted by Gasteiger charge is -2.09. The summed E-state index contributed by atoms with van der Waals surface area (Å²) in [5.74, 6) is 1.48. The second-order valence-corrected chi connectivity index (χ2v) is 8.35. The van der Waals surface area contributed by atoms with E-state index in [1.54, 1.807) is 18.0 Å². The number of carbonyl (C=O) groups excluding carboxylic acids is 1. The van der Waals surface area contributed by atoms with Crippen molar-refractivity contribution in [1.82, 2.24) is 5.43 Å². The quantitative estimate of drug-likeness (QED) is 0.377. The Morgan fingerprint density at radius 2 is 1.70 bits per heavy atom. The summed E-state index contributed by atoms with van der Waals surface area (Å²) in [5, 5.41) is 3.89. The van der Waals surface area contributed by atoms with Gasteiger partial charge in [-0.15, -0.1) is 11.8 Å². The highest BCUT2D eigenvalue weighted by Gasteiger charge is 2.12. The van der Waals surface area contributed by atoms with Crippen molar-refractivity contribution >= 4 is 23.9 Å². The minimum Gasteiger partial charge on any atom is -0.489 e. The number of nitrogens with one attached hydrogen (secondary N) is 1. The summed E-state index contributed by atoms with van der Waals surface area (Å²) in [5.41, 5.74) is 7.07. The maximum Gasteiger partial charge on any atom is 0.252 e. The average molecular weight is 419 g/mol. The fourth-order valence-electron chi connectivity index (χ4n) is 2.63. The van der Waals surface area contributed by atoms with E-state index in [0.717, 1.165) is 22.6 Å². The van der Waals surface area contributed by atoms with Gasteiger partial charge >= 0.3 is 0 Å². The van der Waals surface area contributed by atoms with E-state index in [2.05, 4.69) is 53.8 Å². The number of ether oxygens (including phenoxy) is 1. The predicted octanol–water partition coefficient (Wildman–Crippen LogP) is 5.35. The van der Waals surface area contributed by atoms with Crippen molar-refractivity contribution in [3.05, 3.63) is 101 Å². The Hall–Kier alpha value is -3.05. The van der Waals surface area contributed by atoms with Crippen molar-refractivity contribution < 1.29 is 9.53 Å². The molecule has 0 aliphatic carbocycles. The molecule has 4 nitrogen and oxygen atoms in total. The van der Waals surface area contributed by atoms with Gasteiger partial charge in [0, 0.05) is 5.75 Å². The van der Waals surface area contributed by atoms with Gasteiger partial charge in [-0.3, -0.25) is 4.79 Å². The Morgan fingerprint density at radius 1 is 1.00 bits per heavy atom. The van der Waals surface area contributed by atoms with Crippen LogP contribution in [0.4, 0.5) is 0 Å². The van der Waals surface area contributed by atoms with Gasteiger partial charge in [-0.2, -0.15) is 5.10 Å². The summed E-state index contributed by atoms with van der Waals surface area (Å²) in [4.78, 5) is 12.2. The van der Waals surface area contributed by atoms with Crippen LogP contribution in [0.5, 0.6) is 5.75 Å². The molecule has 0 saturated carbocycles. The molecular formula is C25H26N2O2S. The van der Waals surface area contributed by atoms with Gasteiger partial charge in [0.25, 0.3) is 5.91 Å². The molecule has 0 saturated heterocycles. The summed E-state index contributed by atoms with van der Waals surface area (Å²) >= 11 is 1.59. The molecule has 0 heterocycles. The average Bonchev–Trinajstić information content (AvgIpc) is 2.78. The molecule has 0 radical (unpaired) electrons. The van der Waals surface area contributed by atoms with Crippen LogP contribution < -0.4 is 10.2 Å². The van der Waals surface area contributed by atoms with Crippen LogP contribution in [0.15, 0.2) is 84.0 Å². The molecule has 3 aromatic rings. The first kappa shape index (κ1) is 21.7. The topological polar surface area (TPSA) is 50.7 Å². The summed E-state index contributed by atoms with van der Waals surface area (Å²) in [6.45, 7) is 4.48. The second-order valence-electron chi connectivity index (χ2n) is 7.02. The lowest BCUT2D eigenvalue weighted by atomic mass is 10.2. The summed E-state index contributed by atoms with van der Waals surface area (Å²) in [7, 11) is 0. The molecule has 0 spiro atoms. The van der Waals surface area contributed by atoms with Gasteiger partial charge in [0.2, 0.25) is 0 Å². The van der Waals surface area contributed by atoms with Crippen LogP contribution in [0, 0.1) is 6.92 Å². The molecule has 0 aliphatic heterocycles. The van der Waals surface area contributed by atoms with Crippen molar-refractivity contribution in [2.45, 2.75) is 31.5 Å². The number of nitrogens with zero attached hydrogens (tertiary/aromatic N) is 1. The van der Waals surface area contributed by atoms with Crippen molar-refractivity contribution in [1.29, 1.82) is 0 Å². The van der Waals surface area contributed by atoms with Crippen LogP contribution in [0.1, 0.15) is 29.2 Å². The van der Waals surface area contributed by atoms with Crippen LogP contribution in [0.25, 0.3) is 0 Å². The number of thioether (sulfide) groups is 1. The Morgan fingerprint density at radius 3 is 2.40 bits per heavy atom. The van der Waals surface area contributed by atoms with E-state index in [4.69, 9.17) is 4.74 Å². The third-order valence-corrected chi connectivity index (χ3v) is 5.72. The molecule has 5 heteroatoms. The van der Waals surface area contributed by atoms with Crippen LogP contribution in [-0.4, -0.2) is 17.4 Å². The molecule has 30 heavy (non-hydrogen) atoms. The molecule has 3 rings (SSSR count). The Balaban J connectivity index is 1.41. The third-order valence-electron chi connectivity index (χ3n) is 4.51. The molecule has 154 valence electrons. The number of rotatable bonds is 9. The highest BCUT2D eigenvalue weighted by Crippen LogP contribution is 2.17. The highest BCUT2D eigenvalue weighted by atomic mass is 32.2. The molecule has 0 aromatic heterocycles. The first-order valence-electron chi connectivity index (χ1n) is 9.87. The lowest BCUT2D eigenvalue weighted by Crippen LogP contribution is -2.26. The zero-order valence-electron chi connectivity index (χ0n) is 17.2. The molecule has 0 bridgehead atoms. The summed E-state index contributed by atoms with van der Waals surface area (Å²) in [6, 6.07) is 26.0. The minimum absolute atomic E-state index is 0.106. The molecule has 0 fully saturated rings. The SMILES string of the molecule is Cc1ccc(COc2ccc(C=NNC(=O)[C@@H](C)SCc3ccccc3)cc2)cc1. The largest absolute Gasteiger partial charge is 0.489 e. The Bertz CT molecular complexity index is 955. The third kappa shape index (κ3) is 7.08. The van der Waals surface area contributed by atoms with Crippen LogP contribution in [0.2, 0.25) is 0 Å². The normalized spacial score (nSPS) is 11.9. The Labute approximate surface area is 182 Å². The maximum absolute atomic E-state index is 12.2. The predicted molar refractivity (Wildman–Crippen MR) is 125 cm³/mol. The van der Waals surface area contributed by atoms with E-state index in [0.29, 0.717) is 6.61 Å². The molecule has 1 N–H and O–H groups in total. The van der Waals surface area contributed by atoms with E-state index >= 15 is 0 Å². The Kier molecular flexibility index (Phi) is 8.10. The zero-order chi connectivity index (χ0) is 21.2. The van der Waals surface area contributed by atoms with E-state index in [1.807, 2.05) is 49.4 Å². The number of benzene rings is 3. The fraction of sp³-hybridized carbons (Fsp3) is 0.200. The molecular weight excluding hydrogens is 392 g/mol. The van der Waals surface area contributed by atoms with E-state index < -0.39 is 0 Å². The number of hydrazone groups is 1. The maximum atomic E-state index is 12.2. The van der Waals surface area contributed by atoms with Crippen molar-refractivity contribution in [2.75, 3.05) is 0 Å². The second kappa shape index (κ2) is 11.2. The monoisotopic (exact) mass is 418 g/mol. The molecule has 1 amide bonds. The number of hydrogen-bond donors (Lipinski definition) is 1. The number of hydrogen-bond acceptors (Lipinski definition) is 4. The van der Waals surface area contributed by atoms with E-state index in [9.17, 15) is 4.79 Å².